The largest absolute Gasteiger partial charge is 0.497 e. The summed E-state index contributed by atoms with van der Waals surface area (Å²) in [5, 5.41) is 4.16. The Balaban J connectivity index is 2.03. The molecule has 0 radical (unpaired) electrons. The highest BCUT2D eigenvalue weighted by atomic mass is 16.5. The van der Waals surface area contributed by atoms with Gasteiger partial charge in [0.2, 0.25) is 0 Å². The number of carbonyl (C=O) groups is 2. The number of ether oxygens (including phenoxy) is 1. The van der Waals surface area contributed by atoms with Crippen LogP contribution in [0.3, 0.4) is 0 Å². The van der Waals surface area contributed by atoms with Crippen LogP contribution in [-0.4, -0.2) is 23.9 Å². The van der Waals surface area contributed by atoms with Crippen LogP contribution >= 0.6 is 0 Å². The van der Waals surface area contributed by atoms with Crippen molar-refractivity contribution in [3.63, 3.8) is 0 Å². The van der Waals surface area contributed by atoms with E-state index >= 15 is 0 Å². The van der Waals surface area contributed by atoms with Crippen LogP contribution in [0.15, 0.2) is 48.5 Å². The van der Waals surface area contributed by atoms with Crippen molar-refractivity contribution in [3.8, 4) is 16.9 Å². The molecule has 2 amide bonds. The van der Waals surface area contributed by atoms with Crippen molar-refractivity contribution in [2.24, 2.45) is 0 Å². The Morgan fingerprint density at radius 1 is 0.929 bits per heavy atom. The third-order valence-electron chi connectivity index (χ3n) is 5.46. The number of hydrogen-bond donors (Lipinski definition) is 2. The fourth-order valence-electron chi connectivity index (χ4n) is 4.27. The van der Waals surface area contributed by atoms with Gasteiger partial charge in [-0.1, -0.05) is 37.3 Å². The standard InChI is InChI=1S/C23H18N2O3/c1-3-14-17(12-7-5-4-6-8-12)19-20(23(27)25-22(19)26)18-15-11-13(28-2)9-10-16(15)24-21(14)18/h4-11,24H,3H2,1-2H3,(H,25,26,27). The quantitative estimate of drug-likeness (QED) is 0.524. The van der Waals surface area contributed by atoms with Crippen molar-refractivity contribution in [1.82, 2.24) is 10.3 Å². The maximum atomic E-state index is 12.8. The Morgan fingerprint density at radius 2 is 1.68 bits per heavy atom. The summed E-state index contributed by atoms with van der Waals surface area (Å²) in [7, 11) is 1.61. The molecule has 0 bridgehead atoms. The molecule has 0 spiro atoms. The average Bonchev–Trinajstić information content (AvgIpc) is 3.23. The van der Waals surface area contributed by atoms with Crippen LogP contribution in [0.4, 0.5) is 0 Å². The number of benzene rings is 3. The fraction of sp³-hybridized carbons (Fsp3) is 0.130. The second-order valence-electron chi connectivity index (χ2n) is 6.89. The molecule has 0 saturated heterocycles. The summed E-state index contributed by atoms with van der Waals surface area (Å²) < 4.78 is 5.38. The number of aromatic amines is 1. The topological polar surface area (TPSA) is 71.2 Å². The van der Waals surface area contributed by atoms with E-state index in [9.17, 15) is 9.59 Å². The van der Waals surface area contributed by atoms with Gasteiger partial charge in [-0.25, -0.2) is 0 Å². The van der Waals surface area contributed by atoms with Crippen LogP contribution in [0.1, 0.15) is 33.2 Å². The summed E-state index contributed by atoms with van der Waals surface area (Å²) >= 11 is 0. The number of fused-ring (bicyclic) bond motifs is 5. The van der Waals surface area contributed by atoms with Crippen LogP contribution in [0.2, 0.25) is 0 Å². The molecule has 0 fully saturated rings. The molecular weight excluding hydrogens is 352 g/mol. The van der Waals surface area contributed by atoms with Crippen LogP contribution in [0, 0.1) is 0 Å². The Hall–Kier alpha value is -3.60. The van der Waals surface area contributed by atoms with E-state index in [1.807, 2.05) is 48.5 Å². The lowest BCUT2D eigenvalue weighted by Gasteiger charge is -2.14. The first kappa shape index (κ1) is 16.6. The van der Waals surface area contributed by atoms with Gasteiger partial charge in [0.05, 0.1) is 23.8 Å². The number of aryl methyl sites for hydroxylation is 1. The number of rotatable bonds is 3. The summed E-state index contributed by atoms with van der Waals surface area (Å²) in [5.74, 6) is 0.0123. The highest BCUT2D eigenvalue weighted by molar-refractivity contribution is 6.33. The van der Waals surface area contributed by atoms with Crippen LogP contribution in [0.5, 0.6) is 5.75 Å². The molecule has 0 aliphatic carbocycles. The Morgan fingerprint density at radius 3 is 2.39 bits per heavy atom. The zero-order chi connectivity index (χ0) is 19.4. The summed E-state index contributed by atoms with van der Waals surface area (Å²) in [6, 6.07) is 15.5. The number of amides is 2. The average molecular weight is 370 g/mol. The number of hydrogen-bond acceptors (Lipinski definition) is 3. The first-order chi connectivity index (χ1) is 13.6. The van der Waals surface area contributed by atoms with E-state index < -0.39 is 0 Å². The summed E-state index contributed by atoms with van der Waals surface area (Å²) in [6.45, 7) is 2.06. The van der Waals surface area contributed by atoms with Crippen molar-refractivity contribution < 1.29 is 14.3 Å². The highest BCUT2D eigenvalue weighted by Crippen LogP contribution is 2.42. The molecule has 5 nitrogen and oxygen atoms in total. The van der Waals surface area contributed by atoms with Gasteiger partial charge in [0.25, 0.3) is 11.8 Å². The number of nitrogens with one attached hydrogen (secondary N) is 2. The third kappa shape index (κ3) is 2.13. The second kappa shape index (κ2) is 5.96. The second-order valence-corrected chi connectivity index (χ2v) is 6.89. The summed E-state index contributed by atoms with van der Waals surface area (Å²) in [5.41, 5.74) is 5.49. The molecule has 0 atom stereocenters. The molecule has 4 aromatic rings. The number of H-pyrrole nitrogens is 1. The number of imide groups is 1. The first-order valence-electron chi connectivity index (χ1n) is 9.23. The van der Waals surface area contributed by atoms with Crippen molar-refractivity contribution >= 4 is 33.6 Å². The predicted molar refractivity (Wildman–Crippen MR) is 109 cm³/mol. The lowest BCUT2D eigenvalue weighted by atomic mass is 9.87. The number of aromatic nitrogens is 1. The van der Waals surface area contributed by atoms with Gasteiger partial charge in [0.15, 0.2) is 0 Å². The van der Waals surface area contributed by atoms with E-state index in [1.54, 1.807) is 7.11 Å². The van der Waals surface area contributed by atoms with Crippen LogP contribution in [0.25, 0.3) is 32.9 Å². The lowest BCUT2D eigenvalue weighted by Crippen LogP contribution is -2.20. The van der Waals surface area contributed by atoms with Crippen molar-refractivity contribution in [2.75, 3.05) is 7.11 Å². The number of methoxy groups -OCH3 is 1. The first-order valence-corrected chi connectivity index (χ1v) is 9.23. The van der Waals surface area contributed by atoms with E-state index in [4.69, 9.17) is 4.74 Å². The Labute approximate surface area is 161 Å². The smallest absolute Gasteiger partial charge is 0.259 e. The molecule has 5 rings (SSSR count). The maximum Gasteiger partial charge on any atom is 0.259 e. The molecule has 1 aliphatic heterocycles. The van der Waals surface area contributed by atoms with Gasteiger partial charge in [-0.15, -0.1) is 0 Å². The normalized spacial score (nSPS) is 13.2. The number of carbonyl (C=O) groups excluding carboxylic acids is 2. The zero-order valence-electron chi connectivity index (χ0n) is 15.6. The lowest BCUT2D eigenvalue weighted by molar-refractivity contribution is 0.0880. The Kier molecular flexibility index (Phi) is 3.52. The van der Waals surface area contributed by atoms with Crippen LogP contribution in [-0.2, 0) is 6.42 Å². The molecule has 138 valence electrons. The monoisotopic (exact) mass is 370 g/mol. The zero-order valence-corrected chi connectivity index (χ0v) is 15.6. The van der Waals surface area contributed by atoms with Gasteiger partial charge in [-0.05, 0) is 35.7 Å². The molecule has 28 heavy (non-hydrogen) atoms. The van der Waals surface area contributed by atoms with Crippen LogP contribution < -0.4 is 10.1 Å². The molecule has 2 heterocycles. The minimum atomic E-state index is -0.353. The molecule has 1 aliphatic rings. The minimum Gasteiger partial charge on any atom is -0.497 e. The van der Waals surface area contributed by atoms with Gasteiger partial charge in [-0.3, -0.25) is 14.9 Å². The summed E-state index contributed by atoms with van der Waals surface area (Å²) in [6.07, 6.45) is 0.722. The van der Waals surface area contributed by atoms with E-state index in [-0.39, 0.29) is 11.8 Å². The molecule has 0 unspecified atom stereocenters. The maximum absolute atomic E-state index is 12.8. The van der Waals surface area contributed by atoms with Crippen molar-refractivity contribution in [1.29, 1.82) is 0 Å². The van der Waals surface area contributed by atoms with E-state index in [2.05, 4.69) is 17.2 Å². The van der Waals surface area contributed by atoms with E-state index in [1.165, 1.54) is 0 Å². The Bertz CT molecular complexity index is 1290. The van der Waals surface area contributed by atoms with Crippen molar-refractivity contribution in [3.05, 3.63) is 65.2 Å². The van der Waals surface area contributed by atoms with Gasteiger partial charge in [0.1, 0.15) is 5.75 Å². The van der Waals surface area contributed by atoms with Gasteiger partial charge < -0.3 is 9.72 Å². The fourth-order valence-corrected chi connectivity index (χ4v) is 4.27. The molecule has 5 heteroatoms. The summed E-state index contributed by atoms with van der Waals surface area (Å²) in [4.78, 5) is 29.1. The molecule has 0 saturated carbocycles. The minimum absolute atomic E-state index is 0.340. The molecule has 3 aromatic carbocycles. The molecule has 2 N–H and O–H groups in total. The predicted octanol–water partition coefficient (Wildman–Crippen LogP) is 4.44. The van der Waals surface area contributed by atoms with Gasteiger partial charge >= 0.3 is 0 Å². The van der Waals surface area contributed by atoms with Crippen molar-refractivity contribution in [2.45, 2.75) is 13.3 Å². The SMILES string of the molecule is CCc1c(-c2ccccc2)c2c(c3c1[nH]c1ccc(OC)cc13)C(=O)NC2=O. The van der Waals surface area contributed by atoms with Gasteiger partial charge in [-0.2, -0.15) is 0 Å². The third-order valence-corrected chi connectivity index (χ3v) is 5.46. The van der Waals surface area contributed by atoms with Gasteiger partial charge in [0, 0.05) is 21.9 Å². The molecule has 1 aromatic heterocycles. The van der Waals surface area contributed by atoms with E-state index in [0.29, 0.717) is 16.9 Å². The molecular formula is C23H18N2O3. The highest BCUT2D eigenvalue weighted by Gasteiger charge is 2.35. The van der Waals surface area contributed by atoms with E-state index in [0.717, 1.165) is 44.9 Å².